The van der Waals surface area contributed by atoms with Crippen LogP contribution >= 0.6 is 0 Å². The predicted molar refractivity (Wildman–Crippen MR) is 56.6 cm³/mol. The first kappa shape index (κ1) is 17.4. The van der Waals surface area contributed by atoms with Gasteiger partial charge in [-0.3, -0.25) is 4.18 Å². The first-order valence-corrected chi connectivity index (χ1v) is 5.41. The van der Waals surface area contributed by atoms with E-state index in [-0.39, 0.29) is 6.15 Å². The van der Waals surface area contributed by atoms with Gasteiger partial charge in [0, 0.05) is 6.08 Å². The van der Waals surface area contributed by atoms with Gasteiger partial charge in [-0.25, -0.2) is 13.2 Å². The van der Waals surface area contributed by atoms with Gasteiger partial charge in [0.15, 0.2) is 0 Å². The van der Waals surface area contributed by atoms with Gasteiger partial charge in [-0.2, -0.15) is 0 Å². The summed E-state index contributed by atoms with van der Waals surface area (Å²) in [5.41, 5.74) is -1.42. The van der Waals surface area contributed by atoms with Gasteiger partial charge in [0.1, 0.15) is 11.7 Å². The normalized spacial score (nSPS) is 13.5. The smallest absolute Gasteiger partial charge is 0.330 e. The molecule has 0 saturated carbocycles. The van der Waals surface area contributed by atoms with Gasteiger partial charge in [-0.1, -0.05) is 6.58 Å². The molecule has 0 amide bonds. The number of rotatable bonds is 5. The molecule has 0 aromatic rings. The fourth-order valence-electron chi connectivity index (χ4n) is 0.695. The van der Waals surface area contributed by atoms with Crippen LogP contribution in [0.1, 0.15) is 20.8 Å². The van der Waals surface area contributed by atoms with E-state index in [9.17, 15) is 17.8 Å². The fraction of sp³-hybridized carbons (Fsp3) is 0.625. The lowest BCUT2D eigenvalue weighted by molar-refractivity contribution is -0.151. The van der Waals surface area contributed by atoms with Crippen molar-refractivity contribution in [1.29, 1.82) is 0 Å². The van der Waals surface area contributed by atoms with Crippen LogP contribution in [0.15, 0.2) is 12.7 Å². The maximum Gasteiger partial charge on any atom is 0.330 e. The van der Waals surface area contributed by atoms with E-state index in [2.05, 4.69) is 10.8 Å². The molecule has 0 fully saturated rings. The Morgan fingerprint density at radius 2 is 1.94 bits per heavy atom. The molecule has 0 saturated heterocycles. The highest BCUT2D eigenvalue weighted by Crippen LogP contribution is 2.20. The lowest BCUT2D eigenvalue weighted by Crippen LogP contribution is -2.41. The Kier molecular flexibility index (Phi) is 6.48. The second-order valence-corrected chi connectivity index (χ2v) is 4.36. The van der Waals surface area contributed by atoms with Crippen molar-refractivity contribution in [3.05, 3.63) is 12.7 Å². The Hall–Kier alpha value is -0.960. The third kappa shape index (κ3) is 6.51. The molecule has 0 heterocycles. The van der Waals surface area contributed by atoms with E-state index in [1.807, 2.05) is 0 Å². The Labute approximate surface area is 95.0 Å². The Morgan fingerprint density at radius 1 is 1.50 bits per heavy atom. The molecule has 0 aliphatic rings. The molecule has 8 heteroatoms. The Morgan fingerprint density at radius 3 is 2.25 bits per heavy atom. The number of hydrogen-bond donors (Lipinski definition) is 1. The van der Waals surface area contributed by atoms with Crippen LogP contribution in [0.4, 0.5) is 0 Å². The molecular formula is C8H17NO6S. The van der Waals surface area contributed by atoms with E-state index in [1.165, 1.54) is 20.8 Å². The van der Waals surface area contributed by atoms with Crippen LogP contribution in [0.3, 0.4) is 0 Å². The predicted octanol–water partition coefficient (Wildman–Crippen LogP) is 0.736. The third-order valence-corrected chi connectivity index (χ3v) is 2.39. The molecule has 7 nitrogen and oxygen atoms in total. The lowest BCUT2D eigenvalue weighted by Gasteiger charge is -2.31. The van der Waals surface area contributed by atoms with Crippen LogP contribution < -0.4 is 6.15 Å². The molecule has 0 aliphatic carbocycles. The van der Waals surface area contributed by atoms with Crippen molar-refractivity contribution in [2.24, 2.45) is 0 Å². The fourth-order valence-corrected chi connectivity index (χ4v) is 1.36. The van der Waals surface area contributed by atoms with Crippen LogP contribution in [0.25, 0.3) is 0 Å². The minimum Gasteiger partial charge on any atom is -0.726 e. The summed E-state index contributed by atoms with van der Waals surface area (Å²) in [6.07, 6.45) is 0.0323. The average Bonchev–Trinajstić information content (AvgIpc) is 1.99. The number of carbonyl (C=O) groups excluding carboxylic acids is 1. The van der Waals surface area contributed by atoms with Gasteiger partial charge in [0.2, 0.25) is 10.4 Å². The van der Waals surface area contributed by atoms with E-state index in [0.717, 1.165) is 6.08 Å². The van der Waals surface area contributed by atoms with Crippen LogP contribution in [0.5, 0.6) is 0 Å². The van der Waals surface area contributed by atoms with Gasteiger partial charge in [0.05, 0.1) is 0 Å². The summed E-state index contributed by atoms with van der Waals surface area (Å²) in [7, 11) is -4.84. The molecule has 1 unspecified atom stereocenters. The summed E-state index contributed by atoms with van der Waals surface area (Å²) >= 11 is 0. The maximum absolute atomic E-state index is 10.8. The highest BCUT2D eigenvalue weighted by molar-refractivity contribution is 7.80. The number of ether oxygens (including phenoxy) is 1. The van der Waals surface area contributed by atoms with E-state index >= 15 is 0 Å². The van der Waals surface area contributed by atoms with Crippen LogP contribution in [0.2, 0.25) is 0 Å². The molecule has 96 valence electrons. The Balaban J connectivity index is 0. The largest absolute Gasteiger partial charge is 0.726 e. The van der Waals surface area contributed by atoms with Crippen LogP contribution in [-0.4, -0.2) is 30.6 Å². The topological polar surface area (TPSA) is 129 Å². The first-order chi connectivity index (χ1) is 6.58. The summed E-state index contributed by atoms with van der Waals surface area (Å²) in [6.45, 7) is 7.23. The number of carbonyl (C=O) groups is 1. The molecule has 0 aromatic heterocycles. The van der Waals surface area contributed by atoms with E-state index in [0.29, 0.717) is 0 Å². The van der Waals surface area contributed by atoms with Crippen molar-refractivity contribution in [2.75, 3.05) is 0 Å². The molecule has 0 aromatic carbocycles. The maximum atomic E-state index is 10.8. The van der Waals surface area contributed by atoms with E-state index in [4.69, 9.17) is 4.74 Å². The molecule has 0 bridgehead atoms. The standard InChI is InChI=1S/C8H14O6S.H3N/c1-5-7(9)13-6(2)8(3,4)14-15(10,11)12;/h5-6H,1H2,2-4H3,(H,10,11,12);1H3. The molecule has 0 radical (unpaired) electrons. The van der Waals surface area contributed by atoms with Gasteiger partial charge in [0.25, 0.3) is 0 Å². The van der Waals surface area contributed by atoms with E-state index in [1.54, 1.807) is 0 Å². The average molecular weight is 255 g/mol. The Bertz CT molecular complexity index is 348. The van der Waals surface area contributed by atoms with Gasteiger partial charge in [-0.15, -0.1) is 0 Å². The highest BCUT2D eigenvalue weighted by atomic mass is 32.3. The molecule has 4 N–H and O–H groups in total. The lowest BCUT2D eigenvalue weighted by atomic mass is 10.0. The van der Waals surface area contributed by atoms with E-state index < -0.39 is 28.1 Å². The monoisotopic (exact) mass is 255 g/mol. The van der Waals surface area contributed by atoms with Crippen molar-refractivity contribution < 1.29 is 26.7 Å². The SMILES string of the molecule is C=CC(=O)OC(C)C(C)(C)OS(=O)(=O)[O-].[NH4+]. The minimum absolute atomic E-state index is 0. The summed E-state index contributed by atoms with van der Waals surface area (Å²) < 4.78 is 40.1. The number of hydrogen-bond acceptors (Lipinski definition) is 6. The molecule has 0 rings (SSSR count). The highest BCUT2D eigenvalue weighted by Gasteiger charge is 2.32. The third-order valence-electron chi connectivity index (χ3n) is 1.76. The van der Waals surface area contributed by atoms with Crippen LogP contribution in [0, 0.1) is 0 Å². The first-order valence-electron chi connectivity index (χ1n) is 4.08. The number of esters is 1. The quantitative estimate of drug-likeness (QED) is 0.333. The van der Waals surface area contributed by atoms with Crippen molar-refractivity contribution in [1.82, 2.24) is 6.15 Å². The van der Waals surface area contributed by atoms with Crippen molar-refractivity contribution in [2.45, 2.75) is 32.5 Å². The summed E-state index contributed by atoms with van der Waals surface area (Å²) in [5, 5.41) is 0. The molecule has 0 spiro atoms. The zero-order valence-corrected chi connectivity index (χ0v) is 10.5. The van der Waals surface area contributed by atoms with Crippen molar-refractivity contribution in [3.8, 4) is 0 Å². The number of quaternary nitrogens is 1. The summed E-state index contributed by atoms with van der Waals surface area (Å²) in [6, 6.07) is 0. The summed E-state index contributed by atoms with van der Waals surface area (Å²) in [4.78, 5) is 10.8. The molecule has 0 aliphatic heterocycles. The second kappa shape index (κ2) is 5.94. The van der Waals surface area contributed by atoms with Crippen molar-refractivity contribution in [3.63, 3.8) is 0 Å². The minimum atomic E-state index is -4.84. The van der Waals surface area contributed by atoms with Gasteiger partial charge < -0.3 is 15.4 Å². The van der Waals surface area contributed by atoms with Crippen LogP contribution in [-0.2, 0) is 24.1 Å². The second-order valence-electron chi connectivity index (χ2n) is 3.38. The van der Waals surface area contributed by atoms with Crippen molar-refractivity contribution >= 4 is 16.4 Å². The zero-order chi connectivity index (χ0) is 12.3. The molecule has 1 atom stereocenters. The van der Waals surface area contributed by atoms with Gasteiger partial charge >= 0.3 is 5.97 Å². The zero-order valence-electron chi connectivity index (χ0n) is 9.72. The molecule has 16 heavy (non-hydrogen) atoms. The molecular weight excluding hydrogens is 238 g/mol. The summed E-state index contributed by atoms with van der Waals surface area (Å²) in [5.74, 6) is -0.720. The van der Waals surface area contributed by atoms with Gasteiger partial charge in [-0.05, 0) is 20.8 Å².